The molecule has 2 heterocycles. The summed E-state index contributed by atoms with van der Waals surface area (Å²) in [4.78, 5) is 19.6. The minimum atomic E-state index is -0.273. The third kappa shape index (κ3) is 4.98. The molecule has 1 atom stereocenters. The number of carbonyl (C=O) groups excluding carboxylic acids is 1. The van der Waals surface area contributed by atoms with Gasteiger partial charge in [0, 0.05) is 43.3 Å². The van der Waals surface area contributed by atoms with Gasteiger partial charge in [0.1, 0.15) is 5.82 Å². The van der Waals surface area contributed by atoms with Crippen molar-refractivity contribution in [3.8, 4) is 11.1 Å². The van der Waals surface area contributed by atoms with Gasteiger partial charge in [-0.3, -0.25) is 14.7 Å². The molecule has 4 aromatic rings. The van der Waals surface area contributed by atoms with Gasteiger partial charge in [0.25, 0.3) is 5.91 Å². The summed E-state index contributed by atoms with van der Waals surface area (Å²) in [5, 5.41) is 13.8. The second-order valence-electron chi connectivity index (χ2n) is 8.78. The first kappa shape index (κ1) is 22.2. The third-order valence-corrected chi connectivity index (χ3v) is 6.27. The number of aliphatic hydroxyl groups is 1. The molecule has 0 radical (unpaired) electrons. The second kappa shape index (κ2) is 9.71. The smallest absolute Gasteiger partial charge is 0.251 e. The van der Waals surface area contributed by atoms with E-state index in [1.807, 2.05) is 36.5 Å². The fraction of sp³-hybridized carbons (Fsp3) is 0.214. The number of β-amino-alcohol motifs (C(OH)–C–C–N with tert-alkyl or cyclic N) is 1. The van der Waals surface area contributed by atoms with Gasteiger partial charge in [0.05, 0.1) is 11.6 Å². The molecule has 1 aliphatic heterocycles. The number of nitrogens with zero attached hydrogens (tertiary/aromatic N) is 2. The highest BCUT2D eigenvalue weighted by molar-refractivity contribution is 5.95. The molecular weight excluding hydrogens is 429 g/mol. The number of hydrogen-bond donors (Lipinski definition) is 2. The van der Waals surface area contributed by atoms with Crippen LogP contribution in [-0.2, 0) is 13.1 Å². The van der Waals surface area contributed by atoms with Crippen LogP contribution >= 0.6 is 0 Å². The minimum Gasteiger partial charge on any atom is -0.392 e. The number of para-hydroxylation sites is 1. The van der Waals surface area contributed by atoms with Crippen molar-refractivity contribution in [2.24, 2.45) is 0 Å². The largest absolute Gasteiger partial charge is 0.392 e. The summed E-state index contributed by atoms with van der Waals surface area (Å²) in [5.74, 6) is -0.433. The number of hydrogen-bond acceptors (Lipinski definition) is 4. The van der Waals surface area contributed by atoms with Gasteiger partial charge in [-0.2, -0.15) is 0 Å². The molecule has 0 saturated carbocycles. The van der Waals surface area contributed by atoms with Crippen molar-refractivity contribution in [1.29, 1.82) is 0 Å². The summed E-state index contributed by atoms with van der Waals surface area (Å²) in [6.07, 6.45) is 2.47. The maximum atomic E-state index is 13.1. The number of halogens is 1. The van der Waals surface area contributed by atoms with Crippen molar-refractivity contribution in [3.05, 3.63) is 102 Å². The average Bonchev–Trinajstić information content (AvgIpc) is 3.27. The lowest BCUT2D eigenvalue weighted by molar-refractivity contribution is 0.0951. The number of likely N-dealkylation sites (tertiary alicyclic amines) is 1. The third-order valence-electron chi connectivity index (χ3n) is 6.27. The zero-order valence-corrected chi connectivity index (χ0v) is 18.7. The zero-order chi connectivity index (χ0) is 23.5. The maximum absolute atomic E-state index is 13.1. The lowest BCUT2D eigenvalue weighted by atomic mass is 10.0. The second-order valence-corrected chi connectivity index (χ2v) is 8.78. The molecule has 1 fully saturated rings. The summed E-state index contributed by atoms with van der Waals surface area (Å²) in [5.41, 5.74) is 5.33. The van der Waals surface area contributed by atoms with Gasteiger partial charge in [0.15, 0.2) is 0 Å². The Morgan fingerprint density at radius 1 is 1.06 bits per heavy atom. The molecule has 0 aliphatic carbocycles. The predicted octanol–water partition coefficient (Wildman–Crippen LogP) is 4.54. The van der Waals surface area contributed by atoms with Crippen molar-refractivity contribution in [2.45, 2.75) is 25.6 Å². The molecule has 1 aromatic heterocycles. The van der Waals surface area contributed by atoms with Crippen LogP contribution in [0.2, 0.25) is 0 Å². The first-order chi connectivity index (χ1) is 16.5. The van der Waals surface area contributed by atoms with Gasteiger partial charge >= 0.3 is 0 Å². The first-order valence-electron chi connectivity index (χ1n) is 11.5. The van der Waals surface area contributed by atoms with Gasteiger partial charge in [-0.05, 0) is 59.0 Å². The van der Waals surface area contributed by atoms with Crippen LogP contribution in [0, 0.1) is 5.82 Å². The Hall–Kier alpha value is -3.61. The number of amides is 1. The van der Waals surface area contributed by atoms with E-state index < -0.39 is 0 Å². The number of rotatable bonds is 6. The summed E-state index contributed by atoms with van der Waals surface area (Å²) in [6, 6.07) is 21.7. The van der Waals surface area contributed by atoms with Crippen LogP contribution in [0.5, 0.6) is 0 Å². The average molecular weight is 456 g/mol. The molecule has 172 valence electrons. The zero-order valence-electron chi connectivity index (χ0n) is 18.7. The molecule has 0 bridgehead atoms. The first-order valence-corrected chi connectivity index (χ1v) is 11.5. The lowest BCUT2D eigenvalue weighted by Gasteiger charge is -2.15. The van der Waals surface area contributed by atoms with Gasteiger partial charge in [-0.15, -0.1) is 0 Å². The molecule has 34 heavy (non-hydrogen) atoms. The molecule has 5 nitrogen and oxygen atoms in total. The van der Waals surface area contributed by atoms with Crippen LogP contribution in [0.4, 0.5) is 4.39 Å². The van der Waals surface area contributed by atoms with Crippen LogP contribution < -0.4 is 5.32 Å². The quantitative estimate of drug-likeness (QED) is 0.448. The number of carbonyl (C=O) groups is 1. The number of nitrogens with one attached hydrogen (secondary N) is 1. The van der Waals surface area contributed by atoms with Gasteiger partial charge in [0.2, 0.25) is 0 Å². The van der Waals surface area contributed by atoms with Gasteiger partial charge < -0.3 is 10.4 Å². The molecule has 1 saturated heterocycles. The summed E-state index contributed by atoms with van der Waals surface area (Å²) >= 11 is 0. The van der Waals surface area contributed by atoms with Crippen molar-refractivity contribution < 1.29 is 14.3 Å². The Morgan fingerprint density at radius 2 is 1.79 bits per heavy atom. The van der Waals surface area contributed by atoms with E-state index >= 15 is 0 Å². The Labute approximate surface area is 197 Å². The normalized spacial score (nSPS) is 16.1. The molecule has 1 aliphatic rings. The molecule has 0 unspecified atom stereocenters. The van der Waals surface area contributed by atoms with Gasteiger partial charge in [-0.25, -0.2) is 4.39 Å². The van der Waals surface area contributed by atoms with E-state index in [9.17, 15) is 14.3 Å². The molecular formula is C28H26FN3O2. The Morgan fingerprint density at radius 3 is 2.50 bits per heavy atom. The molecule has 5 rings (SSSR count). The number of fused-ring (bicyclic) bond motifs is 1. The Balaban J connectivity index is 1.25. The van der Waals surface area contributed by atoms with E-state index in [2.05, 4.69) is 21.3 Å². The van der Waals surface area contributed by atoms with E-state index in [4.69, 9.17) is 0 Å². The van der Waals surface area contributed by atoms with Crippen LogP contribution in [0.15, 0.2) is 79.0 Å². The molecule has 3 aromatic carbocycles. The number of pyridine rings is 1. The monoisotopic (exact) mass is 455 g/mol. The Kier molecular flexibility index (Phi) is 6.34. The molecule has 1 amide bonds. The molecule has 2 N–H and O–H groups in total. The lowest BCUT2D eigenvalue weighted by Crippen LogP contribution is -2.23. The highest BCUT2D eigenvalue weighted by atomic mass is 19.1. The fourth-order valence-corrected chi connectivity index (χ4v) is 4.45. The fourth-order valence-electron chi connectivity index (χ4n) is 4.45. The summed E-state index contributed by atoms with van der Waals surface area (Å²) < 4.78 is 13.1. The van der Waals surface area contributed by atoms with Gasteiger partial charge in [-0.1, -0.05) is 42.5 Å². The molecule has 0 spiro atoms. The number of aromatic nitrogens is 1. The SMILES string of the molecule is O=C(NCc1cccc2cc(CN3CC[C@H](O)C3)cnc12)c1ccc(-c2ccc(F)cc2)cc1. The minimum absolute atomic E-state index is 0.160. The number of benzene rings is 3. The van der Waals surface area contributed by atoms with E-state index in [-0.39, 0.29) is 17.8 Å². The van der Waals surface area contributed by atoms with Crippen molar-refractivity contribution in [3.63, 3.8) is 0 Å². The summed E-state index contributed by atoms with van der Waals surface area (Å²) in [6.45, 7) is 2.75. The van der Waals surface area contributed by atoms with E-state index in [0.29, 0.717) is 18.7 Å². The van der Waals surface area contributed by atoms with Crippen LogP contribution in [0.25, 0.3) is 22.0 Å². The maximum Gasteiger partial charge on any atom is 0.251 e. The highest BCUT2D eigenvalue weighted by Gasteiger charge is 2.20. The van der Waals surface area contributed by atoms with E-state index in [0.717, 1.165) is 52.7 Å². The Bertz CT molecular complexity index is 1310. The number of aliphatic hydroxyl groups excluding tert-OH is 1. The van der Waals surface area contributed by atoms with Crippen LogP contribution in [0.3, 0.4) is 0 Å². The predicted molar refractivity (Wildman–Crippen MR) is 131 cm³/mol. The van der Waals surface area contributed by atoms with Crippen molar-refractivity contribution in [2.75, 3.05) is 13.1 Å². The van der Waals surface area contributed by atoms with Crippen LogP contribution in [-0.4, -0.2) is 40.1 Å². The molecule has 6 heteroatoms. The topological polar surface area (TPSA) is 65.5 Å². The van der Waals surface area contributed by atoms with Crippen molar-refractivity contribution in [1.82, 2.24) is 15.2 Å². The highest BCUT2D eigenvalue weighted by Crippen LogP contribution is 2.22. The summed E-state index contributed by atoms with van der Waals surface area (Å²) in [7, 11) is 0. The van der Waals surface area contributed by atoms with E-state index in [1.54, 1.807) is 24.3 Å². The van der Waals surface area contributed by atoms with Crippen molar-refractivity contribution >= 4 is 16.8 Å². The van der Waals surface area contributed by atoms with Crippen LogP contribution in [0.1, 0.15) is 27.9 Å². The van der Waals surface area contributed by atoms with E-state index in [1.165, 1.54) is 12.1 Å². The standard InChI is InChI=1S/C28H26FN3O2/c29-25-10-8-21(9-11-25)20-4-6-22(7-5-20)28(34)31-16-24-3-1-2-23-14-19(15-30-27(23)24)17-32-13-12-26(33)18-32/h1-11,14-15,26,33H,12-13,16-18H2,(H,31,34)/t26-/m0/s1.